The van der Waals surface area contributed by atoms with Crippen molar-refractivity contribution in [2.75, 3.05) is 37.5 Å². The second-order valence-corrected chi connectivity index (χ2v) is 8.49. The van der Waals surface area contributed by atoms with Crippen molar-refractivity contribution in [2.24, 2.45) is 12.8 Å². The van der Waals surface area contributed by atoms with E-state index < -0.39 is 5.91 Å². The van der Waals surface area contributed by atoms with Gasteiger partial charge in [0, 0.05) is 72.4 Å². The number of allylic oxidation sites excluding steroid dienone is 1. The number of carbonyl (C=O) groups excluding carboxylic acids is 1. The van der Waals surface area contributed by atoms with Crippen LogP contribution in [0, 0.1) is 5.82 Å². The van der Waals surface area contributed by atoms with E-state index in [4.69, 9.17) is 10.5 Å². The van der Waals surface area contributed by atoms with E-state index in [0.29, 0.717) is 40.5 Å². The molecule has 4 rings (SSSR count). The molecule has 10 heteroatoms. The van der Waals surface area contributed by atoms with Crippen molar-refractivity contribution in [1.82, 2.24) is 14.5 Å². The van der Waals surface area contributed by atoms with Gasteiger partial charge in [0.1, 0.15) is 11.6 Å². The minimum Gasteiger partial charge on any atom is -0.494 e. The Morgan fingerprint density at radius 3 is 2.76 bits per heavy atom. The smallest absolute Gasteiger partial charge is 0.249 e. The third-order valence-electron chi connectivity index (χ3n) is 6.14. The number of nitrogens with one attached hydrogen (secondary N) is 1. The Labute approximate surface area is 214 Å². The van der Waals surface area contributed by atoms with Crippen molar-refractivity contribution < 1.29 is 19.0 Å². The molecule has 2 heterocycles. The van der Waals surface area contributed by atoms with Gasteiger partial charge in [-0.05, 0) is 37.3 Å². The lowest BCUT2D eigenvalue weighted by molar-refractivity contribution is -0.112. The van der Waals surface area contributed by atoms with Crippen LogP contribution in [0.1, 0.15) is 12.5 Å². The quantitative estimate of drug-likeness (QED) is 0.296. The SMILES string of the molecule is CC=C(C(N)=O)c1cc(Nc2nccc(-c3cn(C)c4ccc(F)cc34)n2)c(OC)cc1N(C)CCO. The molecule has 0 aliphatic rings. The Bertz CT molecular complexity index is 1500. The molecular weight excluding hydrogens is 475 g/mol. The highest BCUT2D eigenvalue weighted by Crippen LogP contribution is 2.38. The number of hydrogen-bond donors (Lipinski definition) is 3. The molecule has 0 spiro atoms. The van der Waals surface area contributed by atoms with Crippen LogP contribution in [0.25, 0.3) is 27.7 Å². The van der Waals surface area contributed by atoms with Crippen molar-refractivity contribution in [1.29, 1.82) is 0 Å². The van der Waals surface area contributed by atoms with Gasteiger partial charge in [-0.25, -0.2) is 14.4 Å². The normalized spacial score (nSPS) is 11.6. The fraction of sp³-hybridized carbons (Fsp3) is 0.222. The van der Waals surface area contributed by atoms with Crippen LogP contribution in [-0.2, 0) is 11.8 Å². The summed E-state index contributed by atoms with van der Waals surface area (Å²) in [6.45, 7) is 2.00. The van der Waals surface area contributed by atoms with Gasteiger partial charge in [0.25, 0.3) is 0 Å². The van der Waals surface area contributed by atoms with Crippen molar-refractivity contribution in [3.8, 4) is 17.0 Å². The maximum atomic E-state index is 14.0. The summed E-state index contributed by atoms with van der Waals surface area (Å²) >= 11 is 0. The highest BCUT2D eigenvalue weighted by molar-refractivity contribution is 6.20. The number of primary amides is 1. The van der Waals surface area contributed by atoms with Gasteiger partial charge in [-0.2, -0.15) is 0 Å². The maximum absolute atomic E-state index is 14.0. The lowest BCUT2D eigenvalue weighted by atomic mass is 10.0. The van der Waals surface area contributed by atoms with Crippen LogP contribution in [-0.4, -0.2) is 52.9 Å². The van der Waals surface area contributed by atoms with Crippen LogP contribution in [0.5, 0.6) is 5.75 Å². The van der Waals surface area contributed by atoms with Crippen LogP contribution in [0.15, 0.2) is 54.9 Å². The number of fused-ring (bicyclic) bond motifs is 1. The third-order valence-corrected chi connectivity index (χ3v) is 6.14. The summed E-state index contributed by atoms with van der Waals surface area (Å²) in [5.74, 6) is -0.152. The zero-order valence-electron chi connectivity index (χ0n) is 21.1. The topological polar surface area (TPSA) is 119 Å². The van der Waals surface area contributed by atoms with Gasteiger partial charge in [0.15, 0.2) is 0 Å². The van der Waals surface area contributed by atoms with Crippen LogP contribution in [0.3, 0.4) is 0 Å². The summed E-state index contributed by atoms with van der Waals surface area (Å²) in [6, 6.07) is 9.90. The lowest BCUT2D eigenvalue weighted by Gasteiger charge is -2.24. The molecule has 0 unspecified atom stereocenters. The molecule has 9 nitrogen and oxygen atoms in total. The summed E-state index contributed by atoms with van der Waals surface area (Å²) < 4.78 is 21.5. The van der Waals surface area contributed by atoms with Crippen molar-refractivity contribution in [3.63, 3.8) is 0 Å². The van der Waals surface area contributed by atoms with E-state index in [1.165, 1.54) is 19.2 Å². The lowest BCUT2D eigenvalue weighted by Crippen LogP contribution is -2.24. The van der Waals surface area contributed by atoms with Gasteiger partial charge in [0.2, 0.25) is 11.9 Å². The molecular formula is C27H29FN6O3. The number of aromatic nitrogens is 3. The minimum absolute atomic E-state index is 0.0707. The van der Waals surface area contributed by atoms with Crippen LogP contribution >= 0.6 is 0 Å². The summed E-state index contributed by atoms with van der Waals surface area (Å²) in [5, 5.41) is 13.4. The molecule has 0 aliphatic heterocycles. The number of nitrogens with zero attached hydrogens (tertiary/aromatic N) is 4. The second-order valence-electron chi connectivity index (χ2n) is 8.49. The first-order valence-electron chi connectivity index (χ1n) is 11.6. The number of hydrogen-bond acceptors (Lipinski definition) is 7. The van der Waals surface area contributed by atoms with Crippen molar-refractivity contribution in [2.45, 2.75) is 6.92 Å². The van der Waals surface area contributed by atoms with Gasteiger partial charge in [-0.3, -0.25) is 4.79 Å². The molecule has 37 heavy (non-hydrogen) atoms. The van der Waals surface area contributed by atoms with E-state index >= 15 is 0 Å². The van der Waals surface area contributed by atoms with Crippen molar-refractivity contribution >= 4 is 39.7 Å². The summed E-state index contributed by atoms with van der Waals surface area (Å²) in [4.78, 5) is 23.0. The van der Waals surface area contributed by atoms with Gasteiger partial charge in [-0.1, -0.05) is 6.08 Å². The second kappa shape index (κ2) is 10.7. The van der Waals surface area contributed by atoms with E-state index in [0.717, 1.165) is 16.5 Å². The average Bonchev–Trinajstić information content (AvgIpc) is 3.20. The van der Waals surface area contributed by atoms with Crippen LogP contribution in [0.4, 0.5) is 21.7 Å². The van der Waals surface area contributed by atoms with E-state index in [-0.39, 0.29) is 18.4 Å². The number of aliphatic hydroxyl groups is 1. The van der Waals surface area contributed by atoms with Gasteiger partial charge >= 0.3 is 0 Å². The molecule has 4 aromatic rings. The Morgan fingerprint density at radius 1 is 1.30 bits per heavy atom. The van der Waals surface area contributed by atoms with Crippen molar-refractivity contribution in [3.05, 3.63) is 66.2 Å². The molecule has 2 aromatic heterocycles. The molecule has 0 atom stereocenters. The number of aryl methyl sites for hydroxylation is 1. The Hall–Kier alpha value is -4.44. The minimum atomic E-state index is -0.585. The molecule has 192 valence electrons. The number of amides is 1. The number of aliphatic hydroxyl groups excluding tert-OH is 1. The number of nitrogens with two attached hydrogens (primary N) is 1. The molecule has 0 aliphatic carbocycles. The first kappa shape index (κ1) is 25.6. The van der Waals surface area contributed by atoms with E-state index in [2.05, 4.69) is 15.3 Å². The first-order valence-corrected chi connectivity index (χ1v) is 11.6. The Balaban J connectivity index is 1.80. The monoisotopic (exact) mass is 504 g/mol. The summed E-state index contributed by atoms with van der Waals surface area (Å²) in [7, 11) is 5.22. The number of rotatable bonds is 9. The molecule has 1 amide bonds. The largest absolute Gasteiger partial charge is 0.494 e. The molecule has 0 bridgehead atoms. The van der Waals surface area contributed by atoms with Gasteiger partial charge in [-0.15, -0.1) is 0 Å². The highest BCUT2D eigenvalue weighted by Gasteiger charge is 2.20. The number of ether oxygens (including phenoxy) is 1. The zero-order valence-corrected chi connectivity index (χ0v) is 21.1. The third kappa shape index (κ3) is 5.10. The highest BCUT2D eigenvalue weighted by atomic mass is 19.1. The molecule has 0 saturated carbocycles. The van der Waals surface area contributed by atoms with E-state index in [1.54, 1.807) is 50.5 Å². The maximum Gasteiger partial charge on any atom is 0.249 e. The molecule has 2 aromatic carbocycles. The van der Waals surface area contributed by atoms with Gasteiger partial charge < -0.3 is 30.4 Å². The number of likely N-dealkylation sites (N-methyl/N-ethyl adjacent to an activating group) is 1. The van der Waals surface area contributed by atoms with Crippen LogP contribution < -0.4 is 20.7 Å². The summed E-state index contributed by atoms with van der Waals surface area (Å²) in [5.41, 5.74) is 9.97. The standard InChI is InChI=1S/C27H29FN6O3/c1-5-17(26(29)36)19-13-22(25(37-4)14-24(19)33(2)10-11-35)32-27-30-9-8-21(31-27)20-15-34(3)23-7-6-16(28)12-18(20)23/h5-9,12-15,35H,10-11H2,1-4H3,(H2,29,36)(H,30,31,32). The molecule has 0 radical (unpaired) electrons. The number of halogens is 1. The predicted octanol–water partition coefficient (Wildman–Crippen LogP) is 3.84. The Morgan fingerprint density at radius 2 is 2.08 bits per heavy atom. The number of anilines is 3. The number of methoxy groups -OCH3 is 1. The first-order chi connectivity index (χ1) is 17.8. The zero-order chi connectivity index (χ0) is 26.7. The predicted molar refractivity (Wildman–Crippen MR) is 143 cm³/mol. The van der Waals surface area contributed by atoms with E-state index in [9.17, 15) is 14.3 Å². The fourth-order valence-corrected chi connectivity index (χ4v) is 4.33. The van der Waals surface area contributed by atoms with Gasteiger partial charge in [0.05, 0.1) is 25.1 Å². The number of carbonyl (C=O) groups is 1. The summed E-state index contributed by atoms with van der Waals surface area (Å²) in [6.07, 6.45) is 5.15. The molecule has 0 fully saturated rings. The van der Waals surface area contributed by atoms with E-state index in [1.807, 2.05) is 22.7 Å². The molecule has 4 N–H and O–H groups in total. The Kier molecular flexibility index (Phi) is 7.40. The van der Waals surface area contributed by atoms with Crippen LogP contribution in [0.2, 0.25) is 0 Å². The number of benzene rings is 2. The average molecular weight is 505 g/mol. The fourth-order valence-electron chi connectivity index (χ4n) is 4.33. The molecule has 0 saturated heterocycles.